The van der Waals surface area contributed by atoms with Crippen molar-refractivity contribution < 1.29 is 24.2 Å². The van der Waals surface area contributed by atoms with Gasteiger partial charge in [-0.15, -0.1) is 0 Å². The maximum Gasteiger partial charge on any atom is 0.326 e. The Morgan fingerprint density at radius 2 is 2.10 bits per heavy atom. The van der Waals surface area contributed by atoms with Crippen LogP contribution in [0.4, 0.5) is 10.5 Å². The van der Waals surface area contributed by atoms with Crippen LogP contribution in [0.25, 0.3) is 0 Å². The number of halogens is 1. The molecule has 21 heavy (non-hydrogen) atoms. The minimum atomic E-state index is -1.41. The minimum Gasteiger partial charge on any atom is -0.495 e. The number of amides is 3. The summed E-state index contributed by atoms with van der Waals surface area (Å²) >= 11 is 5.83. The summed E-state index contributed by atoms with van der Waals surface area (Å²) in [5.41, 5.74) is 5.25. The van der Waals surface area contributed by atoms with Gasteiger partial charge in [-0.3, -0.25) is 4.79 Å². The summed E-state index contributed by atoms with van der Waals surface area (Å²) in [7, 11) is 1.42. The number of methoxy groups -OCH3 is 1. The number of ether oxygens (including phenoxy) is 1. The molecule has 8 nitrogen and oxygen atoms in total. The molecule has 1 atom stereocenters. The summed E-state index contributed by atoms with van der Waals surface area (Å²) in [5, 5.41) is 13.8. The molecule has 1 unspecified atom stereocenters. The van der Waals surface area contributed by atoms with E-state index in [0.29, 0.717) is 16.5 Å². The zero-order valence-electron chi connectivity index (χ0n) is 11.1. The summed E-state index contributed by atoms with van der Waals surface area (Å²) in [4.78, 5) is 33.3. The Labute approximate surface area is 125 Å². The molecule has 0 fully saturated rings. The number of carbonyl (C=O) groups is 3. The van der Waals surface area contributed by atoms with E-state index in [1.165, 1.54) is 25.3 Å². The van der Waals surface area contributed by atoms with Crippen molar-refractivity contribution in [1.82, 2.24) is 5.32 Å². The summed E-state index contributed by atoms with van der Waals surface area (Å²) in [6.07, 6.45) is -0.507. The van der Waals surface area contributed by atoms with Gasteiger partial charge in [0.15, 0.2) is 0 Å². The molecule has 0 aliphatic rings. The maximum atomic E-state index is 11.7. The molecule has 5 N–H and O–H groups in total. The highest BCUT2D eigenvalue weighted by atomic mass is 35.5. The second-order valence-electron chi connectivity index (χ2n) is 4.01. The molecule has 1 aromatic rings. The van der Waals surface area contributed by atoms with Gasteiger partial charge in [0, 0.05) is 11.8 Å². The third-order valence-electron chi connectivity index (χ3n) is 2.42. The van der Waals surface area contributed by atoms with Crippen LogP contribution < -0.4 is 21.1 Å². The molecule has 0 aromatic heterocycles. The fraction of sp³-hybridized carbons (Fsp3) is 0.250. The lowest BCUT2D eigenvalue weighted by Crippen LogP contribution is -2.45. The topological polar surface area (TPSA) is 131 Å². The van der Waals surface area contributed by atoms with Crippen molar-refractivity contribution in [2.24, 2.45) is 5.73 Å². The predicted molar refractivity (Wildman–Crippen MR) is 75.4 cm³/mol. The van der Waals surface area contributed by atoms with Gasteiger partial charge in [-0.25, -0.2) is 9.59 Å². The van der Waals surface area contributed by atoms with Crippen LogP contribution in [-0.2, 0) is 9.59 Å². The average molecular weight is 316 g/mol. The molecule has 9 heteroatoms. The maximum absolute atomic E-state index is 11.7. The first-order chi connectivity index (χ1) is 9.83. The van der Waals surface area contributed by atoms with Crippen LogP contribution in [0.1, 0.15) is 6.42 Å². The molecule has 0 heterocycles. The SMILES string of the molecule is COc1cc(NC(=O)NC(CC(N)=O)C(=O)O)ccc1Cl. The molecule has 3 amide bonds. The number of carbonyl (C=O) groups excluding carboxylic acids is 2. The van der Waals surface area contributed by atoms with Crippen LogP contribution in [0.3, 0.4) is 0 Å². The number of benzene rings is 1. The Kier molecular flexibility index (Phi) is 5.79. The number of hydrogen-bond donors (Lipinski definition) is 4. The van der Waals surface area contributed by atoms with Crippen molar-refractivity contribution in [2.45, 2.75) is 12.5 Å². The molecule has 0 spiro atoms. The van der Waals surface area contributed by atoms with Gasteiger partial charge < -0.3 is 26.2 Å². The molecule has 0 aliphatic heterocycles. The number of hydrogen-bond acceptors (Lipinski definition) is 4. The molecule has 0 bridgehead atoms. The normalized spacial score (nSPS) is 11.3. The number of aliphatic carboxylic acids is 1. The molecule has 0 radical (unpaired) electrons. The molecular formula is C12H14ClN3O5. The van der Waals surface area contributed by atoms with Crippen LogP contribution in [0.15, 0.2) is 18.2 Å². The molecule has 114 valence electrons. The largest absolute Gasteiger partial charge is 0.495 e. The van der Waals surface area contributed by atoms with Crippen molar-refractivity contribution in [2.75, 3.05) is 12.4 Å². The monoisotopic (exact) mass is 315 g/mol. The van der Waals surface area contributed by atoms with Gasteiger partial charge in [0.2, 0.25) is 5.91 Å². The average Bonchev–Trinajstić information content (AvgIpc) is 2.39. The van der Waals surface area contributed by atoms with E-state index in [0.717, 1.165) is 0 Å². The fourth-order valence-corrected chi connectivity index (χ4v) is 1.66. The van der Waals surface area contributed by atoms with Crippen LogP contribution >= 0.6 is 11.6 Å². The number of anilines is 1. The quantitative estimate of drug-likeness (QED) is 0.616. The Hall–Kier alpha value is -2.48. The van der Waals surface area contributed by atoms with Crippen LogP contribution in [0.2, 0.25) is 5.02 Å². The highest BCUT2D eigenvalue weighted by molar-refractivity contribution is 6.32. The number of carboxylic acids is 1. The van der Waals surface area contributed by atoms with Gasteiger partial charge in [-0.05, 0) is 12.1 Å². The number of carboxylic acid groups (broad SMARTS) is 1. The van der Waals surface area contributed by atoms with E-state index in [1.807, 2.05) is 0 Å². The van der Waals surface area contributed by atoms with Crippen LogP contribution in [0.5, 0.6) is 5.75 Å². The number of nitrogens with one attached hydrogen (secondary N) is 2. The summed E-state index contributed by atoms with van der Waals surface area (Å²) < 4.78 is 4.98. The van der Waals surface area contributed by atoms with Gasteiger partial charge >= 0.3 is 12.0 Å². The number of nitrogens with two attached hydrogens (primary N) is 1. The van der Waals surface area contributed by atoms with Crippen LogP contribution in [0, 0.1) is 0 Å². The third-order valence-corrected chi connectivity index (χ3v) is 2.73. The van der Waals surface area contributed by atoms with E-state index in [-0.39, 0.29) is 0 Å². The Morgan fingerprint density at radius 1 is 1.43 bits per heavy atom. The smallest absolute Gasteiger partial charge is 0.326 e. The van der Waals surface area contributed by atoms with Crippen LogP contribution in [-0.4, -0.2) is 36.2 Å². The van der Waals surface area contributed by atoms with E-state index in [2.05, 4.69) is 10.6 Å². The van der Waals surface area contributed by atoms with Gasteiger partial charge in [0.25, 0.3) is 0 Å². The molecule has 0 aliphatic carbocycles. The Balaban J connectivity index is 2.72. The summed E-state index contributed by atoms with van der Waals surface area (Å²) in [5.74, 6) is -1.85. The first kappa shape index (κ1) is 16.6. The predicted octanol–water partition coefficient (Wildman–Crippen LogP) is 0.799. The Bertz CT molecular complexity index is 564. The second kappa shape index (κ2) is 7.34. The number of primary amides is 1. The van der Waals surface area contributed by atoms with E-state index in [1.54, 1.807) is 0 Å². The first-order valence-corrected chi connectivity index (χ1v) is 6.13. The molecule has 0 saturated heterocycles. The third kappa shape index (κ3) is 5.19. The lowest BCUT2D eigenvalue weighted by Gasteiger charge is -2.14. The van der Waals surface area contributed by atoms with E-state index >= 15 is 0 Å². The van der Waals surface area contributed by atoms with Gasteiger partial charge in [-0.1, -0.05) is 11.6 Å². The zero-order valence-corrected chi connectivity index (χ0v) is 11.8. The zero-order chi connectivity index (χ0) is 16.0. The van der Waals surface area contributed by atoms with Gasteiger partial charge in [0.05, 0.1) is 18.6 Å². The first-order valence-electron chi connectivity index (χ1n) is 5.75. The van der Waals surface area contributed by atoms with Gasteiger partial charge in [-0.2, -0.15) is 0 Å². The standard InChI is InChI=1S/C12H14ClN3O5/c1-21-9-4-6(2-3-7(9)13)15-12(20)16-8(11(18)19)5-10(14)17/h2-4,8H,5H2,1H3,(H2,14,17)(H,18,19)(H2,15,16,20). The minimum absolute atomic E-state index is 0.344. The lowest BCUT2D eigenvalue weighted by molar-refractivity contribution is -0.140. The highest BCUT2D eigenvalue weighted by Crippen LogP contribution is 2.27. The van der Waals surface area contributed by atoms with Crippen molar-refractivity contribution in [3.63, 3.8) is 0 Å². The molecular weight excluding hydrogens is 302 g/mol. The van der Waals surface area contributed by atoms with E-state index in [4.69, 9.17) is 27.2 Å². The second-order valence-corrected chi connectivity index (χ2v) is 4.42. The highest BCUT2D eigenvalue weighted by Gasteiger charge is 2.22. The number of rotatable bonds is 6. The van der Waals surface area contributed by atoms with Crippen molar-refractivity contribution in [3.05, 3.63) is 23.2 Å². The molecule has 1 aromatic carbocycles. The Morgan fingerprint density at radius 3 is 2.62 bits per heavy atom. The summed E-state index contributed by atoms with van der Waals surface area (Å²) in [6, 6.07) is 2.28. The fourth-order valence-electron chi connectivity index (χ4n) is 1.46. The molecule has 1 rings (SSSR count). The van der Waals surface area contributed by atoms with Crippen molar-refractivity contribution in [3.8, 4) is 5.75 Å². The summed E-state index contributed by atoms with van der Waals surface area (Å²) in [6.45, 7) is 0. The van der Waals surface area contributed by atoms with Crippen molar-refractivity contribution in [1.29, 1.82) is 0 Å². The van der Waals surface area contributed by atoms with E-state index < -0.39 is 30.4 Å². The number of urea groups is 1. The van der Waals surface area contributed by atoms with Crippen molar-refractivity contribution >= 4 is 35.2 Å². The lowest BCUT2D eigenvalue weighted by atomic mass is 10.2. The van der Waals surface area contributed by atoms with E-state index in [9.17, 15) is 14.4 Å². The molecule has 0 saturated carbocycles. The van der Waals surface area contributed by atoms with Gasteiger partial charge in [0.1, 0.15) is 11.8 Å².